The monoisotopic (exact) mass is 376 g/mol. The van der Waals surface area contributed by atoms with E-state index in [0.29, 0.717) is 19.0 Å². The number of pyridine rings is 1. The Balaban J connectivity index is 1.54. The highest BCUT2D eigenvalue weighted by atomic mass is 16.5. The zero-order valence-electron chi connectivity index (χ0n) is 17.3. The molecule has 27 heavy (non-hydrogen) atoms. The number of urea groups is 1. The summed E-state index contributed by atoms with van der Waals surface area (Å²) in [4.78, 5) is 18.7. The molecule has 0 radical (unpaired) electrons. The predicted molar refractivity (Wildman–Crippen MR) is 109 cm³/mol. The number of carbonyl (C=O) groups excluding carboxylic acids is 1. The fourth-order valence-electron chi connectivity index (χ4n) is 3.71. The van der Waals surface area contributed by atoms with Crippen molar-refractivity contribution in [2.24, 2.45) is 11.8 Å². The van der Waals surface area contributed by atoms with Gasteiger partial charge in [0.1, 0.15) is 0 Å². The lowest BCUT2D eigenvalue weighted by Gasteiger charge is -2.34. The van der Waals surface area contributed by atoms with Crippen LogP contribution in [0.1, 0.15) is 52.5 Å². The van der Waals surface area contributed by atoms with Crippen LogP contribution in [0.3, 0.4) is 0 Å². The summed E-state index contributed by atoms with van der Waals surface area (Å²) < 4.78 is 5.51. The van der Waals surface area contributed by atoms with Crippen molar-refractivity contribution in [2.75, 3.05) is 26.2 Å². The summed E-state index contributed by atoms with van der Waals surface area (Å²) in [6, 6.07) is 3.63. The van der Waals surface area contributed by atoms with Crippen LogP contribution < -0.4 is 15.4 Å². The standard InChI is InChI=1S/C21H36N4O2/c1-16(2)27-20-8-7-19(12-23-20)13-24-21(26)22-9-5-6-10-25-14-17(3)11-18(4)15-25/h7-8,12,16-18H,5-6,9-11,13-15H2,1-4H3,(H2,22,24,26). The maximum atomic E-state index is 11.9. The molecule has 2 unspecified atom stereocenters. The Labute approximate surface area is 164 Å². The first-order chi connectivity index (χ1) is 12.9. The first kappa shape index (κ1) is 21.5. The summed E-state index contributed by atoms with van der Waals surface area (Å²) in [6.45, 7) is 13.4. The second-order valence-electron chi connectivity index (χ2n) is 8.19. The van der Waals surface area contributed by atoms with E-state index in [4.69, 9.17) is 4.74 Å². The molecule has 1 aliphatic heterocycles. The number of aromatic nitrogens is 1. The fraction of sp³-hybridized carbons (Fsp3) is 0.714. The summed E-state index contributed by atoms with van der Waals surface area (Å²) in [5.74, 6) is 2.21. The van der Waals surface area contributed by atoms with Crippen molar-refractivity contribution in [1.82, 2.24) is 20.5 Å². The Morgan fingerprint density at radius 2 is 1.96 bits per heavy atom. The highest BCUT2D eigenvalue weighted by Gasteiger charge is 2.20. The Hall–Kier alpha value is -1.82. The van der Waals surface area contributed by atoms with Crippen molar-refractivity contribution in [3.8, 4) is 5.88 Å². The third-order valence-corrected chi connectivity index (χ3v) is 4.74. The van der Waals surface area contributed by atoms with Crippen LogP contribution >= 0.6 is 0 Å². The Bertz CT molecular complexity index is 552. The minimum Gasteiger partial charge on any atom is -0.475 e. The third-order valence-electron chi connectivity index (χ3n) is 4.74. The van der Waals surface area contributed by atoms with Crippen LogP contribution in [0, 0.1) is 11.8 Å². The average Bonchev–Trinajstić information content (AvgIpc) is 2.59. The molecule has 2 amide bonds. The number of piperidine rings is 1. The zero-order chi connectivity index (χ0) is 19.6. The van der Waals surface area contributed by atoms with Gasteiger partial charge in [-0.15, -0.1) is 0 Å². The molecule has 1 saturated heterocycles. The zero-order valence-corrected chi connectivity index (χ0v) is 17.3. The van der Waals surface area contributed by atoms with E-state index in [9.17, 15) is 4.79 Å². The Morgan fingerprint density at radius 1 is 1.22 bits per heavy atom. The highest BCUT2D eigenvalue weighted by molar-refractivity contribution is 5.73. The first-order valence-corrected chi connectivity index (χ1v) is 10.3. The van der Waals surface area contributed by atoms with Crippen LogP contribution in [-0.2, 0) is 6.54 Å². The fourth-order valence-corrected chi connectivity index (χ4v) is 3.71. The average molecular weight is 377 g/mol. The Morgan fingerprint density at radius 3 is 2.59 bits per heavy atom. The van der Waals surface area contributed by atoms with Crippen LogP contribution in [0.25, 0.3) is 0 Å². The number of nitrogens with one attached hydrogen (secondary N) is 2. The third kappa shape index (κ3) is 8.61. The number of ether oxygens (including phenoxy) is 1. The largest absolute Gasteiger partial charge is 0.475 e. The van der Waals surface area contributed by atoms with Gasteiger partial charge in [0, 0.05) is 38.4 Å². The molecule has 152 valence electrons. The van der Waals surface area contributed by atoms with Gasteiger partial charge in [0.15, 0.2) is 0 Å². The van der Waals surface area contributed by atoms with Gasteiger partial charge in [0.2, 0.25) is 5.88 Å². The molecule has 0 aromatic carbocycles. The molecule has 1 aromatic rings. The second-order valence-corrected chi connectivity index (χ2v) is 8.19. The molecule has 1 aromatic heterocycles. The summed E-state index contributed by atoms with van der Waals surface area (Å²) in [7, 11) is 0. The summed E-state index contributed by atoms with van der Waals surface area (Å²) >= 11 is 0. The maximum Gasteiger partial charge on any atom is 0.315 e. The van der Waals surface area contributed by atoms with Gasteiger partial charge in [0.25, 0.3) is 0 Å². The lowest BCUT2D eigenvalue weighted by Crippen LogP contribution is -2.39. The number of unbranched alkanes of at least 4 members (excludes halogenated alkanes) is 1. The second kappa shape index (κ2) is 11.1. The number of hydrogen-bond acceptors (Lipinski definition) is 4. The van der Waals surface area contributed by atoms with Crippen molar-refractivity contribution in [3.05, 3.63) is 23.9 Å². The van der Waals surface area contributed by atoms with Gasteiger partial charge >= 0.3 is 6.03 Å². The number of nitrogens with zero attached hydrogens (tertiary/aromatic N) is 2. The molecule has 2 N–H and O–H groups in total. The molecule has 2 atom stereocenters. The van der Waals surface area contributed by atoms with E-state index in [2.05, 4.69) is 34.4 Å². The van der Waals surface area contributed by atoms with E-state index in [-0.39, 0.29) is 12.1 Å². The molecule has 6 nitrogen and oxygen atoms in total. The summed E-state index contributed by atoms with van der Waals surface area (Å²) in [5.41, 5.74) is 0.953. The SMILES string of the molecule is CC1CC(C)CN(CCCCNC(=O)NCc2ccc(OC(C)C)nc2)C1. The van der Waals surface area contributed by atoms with E-state index in [1.807, 2.05) is 26.0 Å². The van der Waals surface area contributed by atoms with Gasteiger partial charge in [-0.05, 0) is 57.1 Å². The van der Waals surface area contributed by atoms with Crippen LogP contribution in [0.5, 0.6) is 5.88 Å². The van der Waals surface area contributed by atoms with E-state index in [0.717, 1.165) is 36.8 Å². The minimum atomic E-state index is -0.127. The molecule has 0 saturated carbocycles. The molecular formula is C21H36N4O2. The number of hydrogen-bond donors (Lipinski definition) is 2. The molecular weight excluding hydrogens is 340 g/mol. The number of carbonyl (C=O) groups is 1. The van der Waals surface area contributed by atoms with Crippen molar-refractivity contribution >= 4 is 6.03 Å². The lowest BCUT2D eigenvalue weighted by molar-refractivity contribution is 0.139. The molecule has 2 heterocycles. The highest BCUT2D eigenvalue weighted by Crippen LogP contribution is 2.20. The Kier molecular flexibility index (Phi) is 8.85. The van der Waals surface area contributed by atoms with Crippen LogP contribution in [-0.4, -0.2) is 48.2 Å². The summed E-state index contributed by atoms with van der Waals surface area (Å²) in [6.07, 6.45) is 5.32. The van der Waals surface area contributed by atoms with Gasteiger partial charge in [-0.1, -0.05) is 19.9 Å². The maximum absolute atomic E-state index is 11.9. The molecule has 1 aliphatic rings. The van der Waals surface area contributed by atoms with Crippen molar-refractivity contribution < 1.29 is 9.53 Å². The normalized spacial score (nSPS) is 20.5. The van der Waals surface area contributed by atoms with E-state index >= 15 is 0 Å². The van der Waals surface area contributed by atoms with E-state index in [1.54, 1.807) is 6.20 Å². The number of rotatable bonds is 9. The summed E-state index contributed by atoms with van der Waals surface area (Å²) in [5, 5.41) is 5.80. The van der Waals surface area contributed by atoms with Crippen LogP contribution in [0.15, 0.2) is 18.3 Å². The number of likely N-dealkylation sites (tertiary alicyclic amines) is 1. The van der Waals surface area contributed by atoms with Gasteiger partial charge in [0.05, 0.1) is 6.10 Å². The first-order valence-electron chi connectivity index (χ1n) is 10.3. The van der Waals surface area contributed by atoms with Crippen molar-refractivity contribution in [1.29, 1.82) is 0 Å². The lowest BCUT2D eigenvalue weighted by atomic mass is 9.92. The topological polar surface area (TPSA) is 66.5 Å². The van der Waals surface area contributed by atoms with Gasteiger partial charge in [-0.2, -0.15) is 0 Å². The van der Waals surface area contributed by atoms with Crippen molar-refractivity contribution in [3.63, 3.8) is 0 Å². The quantitative estimate of drug-likeness (QED) is 0.648. The van der Waals surface area contributed by atoms with Gasteiger partial charge in [-0.25, -0.2) is 9.78 Å². The van der Waals surface area contributed by atoms with Crippen LogP contribution in [0.2, 0.25) is 0 Å². The van der Waals surface area contributed by atoms with Gasteiger partial charge < -0.3 is 20.3 Å². The predicted octanol–water partition coefficient (Wildman–Crippen LogP) is 3.43. The minimum absolute atomic E-state index is 0.106. The molecule has 0 aliphatic carbocycles. The number of amides is 2. The molecule has 1 fully saturated rings. The van der Waals surface area contributed by atoms with Gasteiger partial charge in [-0.3, -0.25) is 0 Å². The van der Waals surface area contributed by atoms with E-state index in [1.165, 1.54) is 19.5 Å². The molecule has 6 heteroatoms. The van der Waals surface area contributed by atoms with Crippen molar-refractivity contribution in [2.45, 2.75) is 59.6 Å². The molecule has 2 rings (SSSR count). The molecule has 0 spiro atoms. The van der Waals surface area contributed by atoms with Crippen LogP contribution in [0.4, 0.5) is 4.79 Å². The smallest absolute Gasteiger partial charge is 0.315 e. The molecule has 0 bridgehead atoms. The van der Waals surface area contributed by atoms with E-state index < -0.39 is 0 Å².